The van der Waals surface area contributed by atoms with Crippen LogP contribution in [-0.4, -0.2) is 19.8 Å². The molecule has 0 heterocycles. The van der Waals surface area contributed by atoms with Crippen molar-refractivity contribution in [1.82, 2.24) is 0 Å². The molecule has 0 saturated heterocycles. The molecule has 0 aliphatic carbocycles. The Hall–Kier alpha value is -0.743. The first-order valence-corrected chi connectivity index (χ1v) is 10.5. The molecule has 0 saturated carbocycles. The average Bonchev–Trinajstić information content (AvgIpc) is 2.24. The first-order chi connectivity index (χ1) is 9.37. The summed E-state index contributed by atoms with van der Waals surface area (Å²) in [6, 6.07) is 0. The fraction of sp³-hybridized carbons (Fsp3) is 0.778. The van der Waals surface area contributed by atoms with E-state index < -0.39 is 19.8 Å². The Balaban J connectivity index is 5.05. The molecule has 2 atom stereocenters. The van der Waals surface area contributed by atoms with Crippen molar-refractivity contribution in [1.29, 1.82) is 0 Å². The Morgan fingerprint density at radius 3 is 1.33 bits per heavy atom. The molecule has 0 spiro atoms. The van der Waals surface area contributed by atoms with Gasteiger partial charge in [0.15, 0.2) is 0 Å². The molecule has 2 nitrogen and oxygen atoms in total. The van der Waals surface area contributed by atoms with Gasteiger partial charge in [-0.25, -0.2) is 0 Å². The van der Waals surface area contributed by atoms with E-state index in [0.717, 1.165) is 12.8 Å². The van der Waals surface area contributed by atoms with Gasteiger partial charge in [0.1, 0.15) is 11.2 Å². The minimum absolute atomic E-state index is 0.463. The zero-order chi connectivity index (χ0) is 16.9. The summed E-state index contributed by atoms with van der Waals surface area (Å²) in [5.74, 6) is 6.51. The molecule has 0 aliphatic rings. The van der Waals surface area contributed by atoms with E-state index in [0.29, 0.717) is 11.8 Å². The highest BCUT2D eigenvalue weighted by atomic mass is 28.4. The molecular formula is C18H32O2Si. The second-order valence-electron chi connectivity index (χ2n) is 7.55. The normalized spacial score (nSPS) is 17.9. The van der Waals surface area contributed by atoms with Crippen LogP contribution < -0.4 is 0 Å². The maximum Gasteiger partial charge on any atom is 0.334 e. The lowest BCUT2D eigenvalue weighted by Crippen LogP contribution is -2.50. The number of hydrogen-bond acceptors (Lipinski definition) is 2. The summed E-state index contributed by atoms with van der Waals surface area (Å²) in [5.41, 5.74) is -1.20. The highest BCUT2D eigenvalue weighted by Gasteiger charge is 2.40. The largest absolute Gasteiger partial charge is 0.378 e. The summed E-state index contributed by atoms with van der Waals surface area (Å²) >= 11 is 0. The van der Waals surface area contributed by atoms with Crippen molar-refractivity contribution in [2.75, 3.05) is 0 Å². The van der Waals surface area contributed by atoms with Gasteiger partial charge in [0.2, 0.25) is 0 Å². The van der Waals surface area contributed by atoms with Crippen LogP contribution in [0, 0.1) is 36.5 Å². The van der Waals surface area contributed by atoms with Gasteiger partial charge in [-0.3, -0.25) is 0 Å². The van der Waals surface area contributed by atoms with Gasteiger partial charge >= 0.3 is 8.56 Å². The third-order valence-electron chi connectivity index (χ3n) is 3.15. The van der Waals surface area contributed by atoms with Crippen molar-refractivity contribution in [3.8, 4) is 24.7 Å². The van der Waals surface area contributed by atoms with Crippen molar-refractivity contribution in [2.45, 2.75) is 78.7 Å². The molecule has 0 aromatic rings. The lowest BCUT2D eigenvalue weighted by Gasteiger charge is -2.39. The van der Waals surface area contributed by atoms with E-state index in [9.17, 15) is 0 Å². The first-order valence-electron chi connectivity index (χ1n) is 7.73. The van der Waals surface area contributed by atoms with Gasteiger partial charge in [-0.1, -0.05) is 39.5 Å². The van der Waals surface area contributed by atoms with E-state index in [1.54, 1.807) is 0 Å². The van der Waals surface area contributed by atoms with Gasteiger partial charge in [0, 0.05) is 0 Å². The highest BCUT2D eigenvalue weighted by Crippen LogP contribution is 2.30. The van der Waals surface area contributed by atoms with Crippen molar-refractivity contribution in [3.63, 3.8) is 0 Å². The van der Waals surface area contributed by atoms with Crippen LogP contribution >= 0.6 is 0 Å². The molecule has 0 amide bonds. The van der Waals surface area contributed by atoms with E-state index >= 15 is 0 Å². The Morgan fingerprint density at radius 1 is 0.857 bits per heavy atom. The Kier molecular flexibility index (Phi) is 7.23. The zero-order valence-electron chi connectivity index (χ0n) is 15.0. The summed E-state index contributed by atoms with van der Waals surface area (Å²) in [6.07, 6.45) is 13.0. The predicted molar refractivity (Wildman–Crippen MR) is 93.0 cm³/mol. The zero-order valence-corrected chi connectivity index (χ0v) is 16.0. The molecule has 120 valence electrons. The highest BCUT2D eigenvalue weighted by molar-refractivity contribution is 6.64. The fourth-order valence-corrected chi connectivity index (χ4v) is 5.42. The lowest BCUT2D eigenvalue weighted by atomic mass is 9.95. The lowest BCUT2D eigenvalue weighted by molar-refractivity contribution is 0.0221. The molecule has 0 bridgehead atoms. The van der Waals surface area contributed by atoms with E-state index in [-0.39, 0.29) is 0 Å². The molecule has 0 N–H and O–H groups in total. The third kappa shape index (κ3) is 7.72. The summed E-state index contributed by atoms with van der Waals surface area (Å²) in [7, 11) is -2.43. The van der Waals surface area contributed by atoms with Gasteiger partial charge in [-0.15, -0.1) is 12.8 Å². The summed E-state index contributed by atoms with van der Waals surface area (Å²) < 4.78 is 12.5. The van der Waals surface area contributed by atoms with Crippen molar-refractivity contribution < 1.29 is 8.85 Å². The van der Waals surface area contributed by atoms with Crippen LogP contribution in [0.2, 0.25) is 13.1 Å². The molecule has 0 unspecified atom stereocenters. The number of terminal acetylenes is 2. The van der Waals surface area contributed by atoms with E-state index in [1.807, 2.05) is 26.9 Å². The average molecular weight is 309 g/mol. The van der Waals surface area contributed by atoms with Crippen molar-refractivity contribution >= 4 is 8.56 Å². The van der Waals surface area contributed by atoms with Gasteiger partial charge in [-0.05, 0) is 51.6 Å². The maximum absolute atomic E-state index is 6.25. The molecule has 3 heteroatoms. The van der Waals surface area contributed by atoms with Crippen LogP contribution in [0.15, 0.2) is 0 Å². The summed E-state index contributed by atoms with van der Waals surface area (Å²) in [4.78, 5) is 0. The molecular weight excluding hydrogens is 276 g/mol. The molecule has 0 rings (SSSR count). The van der Waals surface area contributed by atoms with Crippen molar-refractivity contribution in [2.24, 2.45) is 11.8 Å². The second-order valence-corrected chi connectivity index (χ2v) is 10.8. The second kappa shape index (κ2) is 7.50. The smallest absolute Gasteiger partial charge is 0.334 e. The summed E-state index contributed by atoms with van der Waals surface area (Å²) in [6.45, 7) is 16.5. The van der Waals surface area contributed by atoms with Gasteiger partial charge < -0.3 is 8.85 Å². The van der Waals surface area contributed by atoms with Gasteiger partial charge in [0.05, 0.1) is 0 Å². The predicted octanol–water partition coefficient (Wildman–Crippen LogP) is 4.60. The van der Waals surface area contributed by atoms with Crippen LogP contribution in [-0.2, 0) is 8.85 Å². The minimum atomic E-state index is -2.43. The van der Waals surface area contributed by atoms with Crippen LogP contribution in [0.25, 0.3) is 0 Å². The van der Waals surface area contributed by atoms with E-state index in [2.05, 4.69) is 39.5 Å². The Bertz CT molecular complexity index is 376. The molecule has 0 aliphatic heterocycles. The monoisotopic (exact) mass is 308 g/mol. The molecule has 0 fully saturated rings. The van der Waals surface area contributed by atoms with E-state index in [4.69, 9.17) is 21.7 Å². The molecule has 0 aromatic heterocycles. The molecule has 0 aromatic carbocycles. The summed E-state index contributed by atoms with van der Waals surface area (Å²) in [5, 5.41) is 0. The maximum atomic E-state index is 6.25. The number of hydrogen-bond donors (Lipinski definition) is 0. The van der Waals surface area contributed by atoms with Crippen LogP contribution in [0.3, 0.4) is 0 Å². The first kappa shape index (κ1) is 20.3. The topological polar surface area (TPSA) is 18.5 Å². The van der Waals surface area contributed by atoms with Crippen LogP contribution in [0.1, 0.15) is 54.4 Å². The van der Waals surface area contributed by atoms with Gasteiger partial charge in [-0.2, -0.15) is 0 Å². The SMILES string of the molecule is C#C[C@@](C)(CC(C)C)O[Si](C)(C)O[C@](C)(C#C)CC(C)C. The Labute approximate surface area is 133 Å². The van der Waals surface area contributed by atoms with E-state index in [1.165, 1.54) is 0 Å². The van der Waals surface area contributed by atoms with Gasteiger partial charge in [0.25, 0.3) is 0 Å². The third-order valence-corrected chi connectivity index (χ3v) is 5.03. The molecule has 0 radical (unpaired) electrons. The van der Waals surface area contributed by atoms with Crippen LogP contribution in [0.4, 0.5) is 0 Å². The number of rotatable bonds is 8. The molecule has 21 heavy (non-hydrogen) atoms. The Morgan fingerprint density at radius 2 is 1.14 bits per heavy atom. The quantitative estimate of drug-likeness (QED) is 0.482. The van der Waals surface area contributed by atoms with Crippen LogP contribution in [0.5, 0.6) is 0 Å². The van der Waals surface area contributed by atoms with Crippen molar-refractivity contribution in [3.05, 3.63) is 0 Å². The standard InChI is InChI=1S/C18H32O2Si/c1-11-17(7,13-15(3)4)19-21(9,10)20-18(8,12-2)14-16(5)6/h1-2,15-16H,13-14H2,3-10H3/t17-,18+. The fourth-order valence-electron chi connectivity index (χ4n) is 2.92. The minimum Gasteiger partial charge on any atom is -0.378 e.